The first-order valence-electron chi connectivity index (χ1n) is 11.3. The fraction of sp³-hybridized carbons (Fsp3) is 0.440. The summed E-state index contributed by atoms with van der Waals surface area (Å²) in [6, 6.07) is 16.2. The molecule has 2 amide bonds. The number of likely N-dealkylation sites (tertiary alicyclic amines) is 1. The Hall–Kier alpha value is -2.86. The Kier molecular flexibility index (Phi) is 5.40. The fourth-order valence-electron chi connectivity index (χ4n) is 5.24. The van der Waals surface area contributed by atoms with E-state index in [0.717, 1.165) is 48.4 Å². The molecule has 1 N–H and O–H groups in total. The molecule has 0 spiro atoms. The minimum Gasteiger partial charge on any atom is -0.485 e. The van der Waals surface area contributed by atoms with Gasteiger partial charge in [0.15, 0.2) is 17.6 Å². The Bertz CT molecular complexity index is 974. The van der Waals surface area contributed by atoms with E-state index in [4.69, 9.17) is 9.47 Å². The Balaban J connectivity index is 1.35. The molecule has 31 heavy (non-hydrogen) atoms. The van der Waals surface area contributed by atoms with Crippen LogP contribution in [0.4, 0.5) is 0 Å². The molecule has 5 rings (SSSR count). The van der Waals surface area contributed by atoms with Crippen molar-refractivity contribution in [3.8, 4) is 11.5 Å². The third-order valence-electron chi connectivity index (χ3n) is 6.94. The monoisotopic (exact) mass is 421 g/mol. The summed E-state index contributed by atoms with van der Waals surface area (Å²) in [6.07, 6.45) is 3.76. The molecule has 2 aromatic carbocycles. The lowest BCUT2D eigenvalue weighted by atomic mass is 9.94. The maximum atomic E-state index is 13.2. The molecule has 2 aromatic rings. The van der Waals surface area contributed by atoms with Crippen molar-refractivity contribution in [2.75, 3.05) is 19.7 Å². The number of carbonyl (C=O) groups is 2. The topological polar surface area (TPSA) is 64.6 Å². The molecule has 0 saturated carbocycles. The lowest BCUT2D eigenvalue weighted by molar-refractivity contribution is -0.895. The van der Waals surface area contributed by atoms with E-state index in [9.17, 15) is 9.59 Å². The highest BCUT2D eigenvalue weighted by atomic mass is 16.6. The van der Waals surface area contributed by atoms with Crippen LogP contribution in [0.5, 0.6) is 11.5 Å². The highest BCUT2D eigenvalue weighted by Gasteiger charge is 2.47. The van der Waals surface area contributed by atoms with Crippen LogP contribution >= 0.6 is 0 Å². The number of ether oxygens (including phenoxy) is 2. The number of para-hydroxylation sites is 2. The number of rotatable bonds is 4. The number of piperidine rings is 2. The van der Waals surface area contributed by atoms with Crippen LogP contribution < -0.4 is 14.8 Å². The number of hydrogen-bond acceptors (Lipinski definition) is 4. The first-order valence-corrected chi connectivity index (χ1v) is 11.3. The van der Waals surface area contributed by atoms with Gasteiger partial charge < -0.3 is 14.8 Å². The summed E-state index contributed by atoms with van der Waals surface area (Å²) >= 11 is 0. The third-order valence-corrected chi connectivity index (χ3v) is 6.94. The minimum atomic E-state index is -0.147. The number of benzene rings is 2. The number of hydrogen-bond donors (Lipinski definition) is 1. The lowest BCUT2D eigenvalue weighted by Crippen LogP contribution is -2.63. The highest BCUT2D eigenvalue weighted by molar-refractivity contribution is 5.78. The maximum Gasteiger partial charge on any atom is 0.314 e. The van der Waals surface area contributed by atoms with Crippen LogP contribution in [0.15, 0.2) is 48.5 Å². The summed E-state index contributed by atoms with van der Waals surface area (Å²) in [5.74, 6) is 1.90. The van der Waals surface area contributed by atoms with Gasteiger partial charge in [-0.25, -0.2) is 4.79 Å². The molecule has 3 atom stereocenters. The zero-order chi connectivity index (χ0) is 21.3. The molecular weight excluding hydrogens is 392 g/mol. The summed E-state index contributed by atoms with van der Waals surface area (Å²) < 4.78 is 12.4. The zero-order valence-corrected chi connectivity index (χ0v) is 17.7. The number of quaternary nitrogens is 1. The second-order valence-corrected chi connectivity index (χ2v) is 8.87. The van der Waals surface area contributed by atoms with Crippen LogP contribution in [0.2, 0.25) is 0 Å². The largest absolute Gasteiger partial charge is 0.485 e. The van der Waals surface area contributed by atoms with E-state index in [0.29, 0.717) is 37.0 Å². The van der Waals surface area contributed by atoms with Crippen molar-refractivity contribution in [3.05, 3.63) is 59.7 Å². The number of nitrogens with zero attached hydrogens (tertiary/aromatic N) is 1. The van der Waals surface area contributed by atoms with Gasteiger partial charge >= 0.3 is 5.91 Å². The molecule has 2 saturated heterocycles. The van der Waals surface area contributed by atoms with Crippen molar-refractivity contribution in [3.63, 3.8) is 0 Å². The molecule has 3 aliphatic rings. The molecule has 3 heterocycles. The normalized spacial score (nSPS) is 28.1. The number of fused-ring (bicyclic) bond motifs is 1. The molecule has 0 bridgehead atoms. The van der Waals surface area contributed by atoms with Crippen molar-refractivity contribution >= 4 is 11.8 Å². The van der Waals surface area contributed by atoms with E-state index in [1.807, 2.05) is 24.3 Å². The Morgan fingerprint density at radius 2 is 1.81 bits per heavy atom. The number of amides is 2. The van der Waals surface area contributed by atoms with Gasteiger partial charge in [0.1, 0.15) is 19.2 Å². The molecule has 2 unspecified atom stereocenters. The standard InChI is InChI=1S/C25H28N2O4/c28-24-15-20(12-13-26-24)27(14-4-3-7-25(27)29)16-18-8-10-19(11-9-18)23-17-30-21-5-1-2-6-22(21)31-23/h1-2,5-6,8-11,20,23H,3-4,7,12-17H2/p+1/t20?,23-,27?/m1/s1. The second-order valence-electron chi connectivity index (χ2n) is 8.87. The number of nitrogens with one attached hydrogen (secondary N) is 1. The quantitative estimate of drug-likeness (QED) is 0.768. The Morgan fingerprint density at radius 1 is 1.00 bits per heavy atom. The van der Waals surface area contributed by atoms with Crippen molar-refractivity contribution in [1.82, 2.24) is 5.32 Å². The van der Waals surface area contributed by atoms with Gasteiger partial charge in [0.25, 0.3) is 0 Å². The van der Waals surface area contributed by atoms with Gasteiger partial charge in [0.05, 0.1) is 19.4 Å². The minimum absolute atomic E-state index is 0.0669. The molecule has 3 aliphatic heterocycles. The van der Waals surface area contributed by atoms with Gasteiger partial charge in [0, 0.05) is 18.5 Å². The van der Waals surface area contributed by atoms with E-state index < -0.39 is 0 Å². The predicted molar refractivity (Wildman–Crippen MR) is 115 cm³/mol. The van der Waals surface area contributed by atoms with E-state index in [1.54, 1.807) is 0 Å². The summed E-state index contributed by atoms with van der Waals surface area (Å²) in [5.41, 5.74) is 2.19. The molecule has 0 radical (unpaired) electrons. The molecular formula is C25H29N2O4+. The van der Waals surface area contributed by atoms with Crippen molar-refractivity contribution in [2.24, 2.45) is 0 Å². The molecule has 0 aliphatic carbocycles. The molecule has 6 nitrogen and oxygen atoms in total. The first kappa shape index (κ1) is 20.1. The van der Waals surface area contributed by atoms with E-state index in [2.05, 4.69) is 29.6 Å². The third kappa shape index (κ3) is 3.92. The van der Waals surface area contributed by atoms with Crippen LogP contribution in [0.25, 0.3) is 0 Å². The molecule has 162 valence electrons. The summed E-state index contributed by atoms with van der Waals surface area (Å²) in [6.45, 7) is 2.62. The lowest BCUT2D eigenvalue weighted by Gasteiger charge is -2.46. The second kappa shape index (κ2) is 8.35. The highest BCUT2D eigenvalue weighted by Crippen LogP contribution is 2.36. The van der Waals surface area contributed by atoms with E-state index in [1.165, 1.54) is 0 Å². The van der Waals surface area contributed by atoms with Crippen LogP contribution in [0.1, 0.15) is 49.3 Å². The van der Waals surface area contributed by atoms with Crippen LogP contribution in [0.3, 0.4) is 0 Å². The Labute approximate surface area is 182 Å². The Morgan fingerprint density at radius 3 is 2.58 bits per heavy atom. The van der Waals surface area contributed by atoms with Gasteiger partial charge in [-0.05, 0) is 30.5 Å². The average molecular weight is 422 g/mol. The smallest absolute Gasteiger partial charge is 0.314 e. The summed E-state index contributed by atoms with van der Waals surface area (Å²) in [5, 5.41) is 2.91. The average Bonchev–Trinajstić information content (AvgIpc) is 2.81. The van der Waals surface area contributed by atoms with Crippen LogP contribution in [0, 0.1) is 0 Å². The van der Waals surface area contributed by atoms with Crippen molar-refractivity contribution in [1.29, 1.82) is 0 Å². The first-order chi connectivity index (χ1) is 15.1. The van der Waals surface area contributed by atoms with Gasteiger partial charge in [-0.2, -0.15) is 0 Å². The van der Waals surface area contributed by atoms with Crippen LogP contribution in [-0.2, 0) is 16.1 Å². The van der Waals surface area contributed by atoms with Gasteiger partial charge in [0.2, 0.25) is 5.91 Å². The fourth-order valence-corrected chi connectivity index (χ4v) is 5.24. The summed E-state index contributed by atoms with van der Waals surface area (Å²) in [4.78, 5) is 25.2. The SMILES string of the molecule is O=C1CC([N+]2(Cc3ccc([C@H]4COc5ccccc5O4)cc3)CCCCC2=O)CCN1. The van der Waals surface area contributed by atoms with Gasteiger partial charge in [-0.1, -0.05) is 36.4 Å². The van der Waals surface area contributed by atoms with E-state index >= 15 is 0 Å². The van der Waals surface area contributed by atoms with Crippen molar-refractivity contribution < 1.29 is 23.5 Å². The number of carbonyl (C=O) groups excluding carboxylic acids is 2. The molecule has 0 aromatic heterocycles. The van der Waals surface area contributed by atoms with Crippen LogP contribution in [-0.4, -0.2) is 42.0 Å². The molecule has 6 heteroatoms. The van der Waals surface area contributed by atoms with Crippen molar-refractivity contribution in [2.45, 2.75) is 50.8 Å². The van der Waals surface area contributed by atoms with Gasteiger partial charge in [-0.15, -0.1) is 0 Å². The maximum absolute atomic E-state index is 13.2. The van der Waals surface area contributed by atoms with Gasteiger partial charge in [-0.3, -0.25) is 9.28 Å². The predicted octanol–water partition coefficient (Wildman–Crippen LogP) is 3.51. The van der Waals surface area contributed by atoms with E-state index in [-0.39, 0.29) is 24.0 Å². The molecule has 2 fully saturated rings. The zero-order valence-electron chi connectivity index (χ0n) is 17.7. The summed E-state index contributed by atoms with van der Waals surface area (Å²) in [7, 11) is 0.